The number of aromatic nitrogens is 2. The average Bonchev–Trinajstić information content (AvgIpc) is 2.84. The summed E-state index contributed by atoms with van der Waals surface area (Å²) in [5.74, 6) is 0.819. The smallest absolute Gasteiger partial charge is 0.259 e. The monoisotopic (exact) mass is 422 g/mol. The third-order valence-electron chi connectivity index (χ3n) is 6.33. The normalized spacial score (nSPS) is 18.2. The summed E-state index contributed by atoms with van der Waals surface area (Å²) in [4.78, 5) is 40.6. The maximum absolute atomic E-state index is 13.4. The van der Waals surface area contributed by atoms with Crippen LogP contribution in [0, 0.1) is 5.92 Å². The second-order valence-corrected chi connectivity index (χ2v) is 8.19. The van der Waals surface area contributed by atoms with Crippen molar-refractivity contribution in [2.75, 3.05) is 50.7 Å². The number of amides is 2. The lowest BCUT2D eigenvalue weighted by Crippen LogP contribution is -2.47. The molecule has 1 aromatic heterocycles. The number of hydrogen-bond donors (Lipinski definition) is 1. The molecule has 0 atom stereocenters. The van der Waals surface area contributed by atoms with Crippen LogP contribution < -0.4 is 10.6 Å². The molecule has 8 heteroatoms. The topological polar surface area (TPSA) is 95.7 Å². The van der Waals surface area contributed by atoms with Crippen molar-refractivity contribution in [1.82, 2.24) is 19.8 Å². The number of nitrogens with zero attached hydrogens (tertiary/aromatic N) is 5. The Hall–Kier alpha value is -3.00. The molecule has 0 spiro atoms. The van der Waals surface area contributed by atoms with Crippen LogP contribution in [0.25, 0.3) is 11.4 Å². The number of primary amides is 1. The fourth-order valence-electron chi connectivity index (χ4n) is 4.30. The van der Waals surface area contributed by atoms with Gasteiger partial charge >= 0.3 is 0 Å². The molecule has 0 aliphatic carbocycles. The molecule has 31 heavy (non-hydrogen) atoms. The first-order valence-electron chi connectivity index (χ1n) is 11.0. The molecule has 2 aliphatic heterocycles. The van der Waals surface area contributed by atoms with Gasteiger partial charge in [-0.15, -0.1) is 0 Å². The largest absolute Gasteiger partial charge is 0.369 e. The van der Waals surface area contributed by atoms with Crippen molar-refractivity contribution < 1.29 is 9.59 Å². The maximum Gasteiger partial charge on any atom is 0.259 e. The van der Waals surface area contributed by atoms with Gasteiger partial charge in [0.05, 0.1) is 0 Å². The van der Waals surface area contributed by atoms with Crippen molar-refractivity contribution in [3.63, 3.8) is 0 Å². The molecule has 0 radical (unpaired) electrons. The highest BCUT2D eigenvalue weighted by Crippen LogP contribution is 2.26. The third-order valence-corrected chi connectivity index (χ3v) is 6.33. The minimum atomic E-state index is -0.280. The molecule has 164 valence electrons. The zero-order valence-electron chi connectivity index (χ0n) is 18.0. The lowest BCUT2D eigenvalue weighted by Gasteiger charge is -2.36. The minimum absolute atomic E-state index is 0.0737. The second-order valence-electron chi connectivity index (χ2n) is 8.19. The highest BCUT2D eigenvalue weighted by molar-refractivity contribution is 5.99. The van der Waals surface area contributed by atoms with Crippen LogP contribution in [-0.2, 0) is 4.79 Å². The Morgan fingerprint density at radius 3 is 2.32 bits per heavy atom. The van der Waals surface area contributed by atoms with E-state index in [2.05, 4.69) is 21.7 Å². The van der Waals surface area contributed by atoms with Crippen LogP contribution in [0.4, 0.5) is 5.82 Å². The van der Waals surface area contributed by atoms with Gasteiger partial charge in [0.1, 0.15) is 11.4 Å². The van der Waals surface area contributed by atoms with Gasteiger partial charge in [0.25, 0.3) is 5.91 Å². The van der Waals surface area contributed by atoms with E-state index in [-0.39, 0.29) is 17.7 Å². The molecule has 2 saturated heterocycles. The van der Waals surface area contributed by atoms with Gasteiger partial charge < -0.3 is 20.4 Å². The predicted octanol–water partition coefficient (Wildman–Crippen LogP) is 1.62. The molecule has 2 aliphatic rings. The first-order chi connectivity index (χ1) is 15.1. The summed E-state index contributed by atoms with van der Waals surface area (Å²) in [6, 6.07) is 9.83. The van der Waals surface area contributed by atoms with Crippen molar-refractivity contribution >= 4 is 17.6 Å². The zero-order chi connectivity index (χ0) is 21.8. The fraction of sp³-hybridized carbons (Fsp3) is 0.478. The molecule has 2 fully saturated rings. The van der Waals surface area contributed by atoms with E-state index >= 15 is 0 Å². The van der Waals surface area contributed by atoms with E-state index in [9.17, 15) is 9.59 Å². The SMILES string of the molecule is CCN1CCN(c2nc(-c3ccccc3)ncc2C(=O)N2CCC(C(N)=O)CC2)CC1. The van der Waals surface area contributed by atoms with E-state index in [0.29, 0.717) is 43.1 Å². The number of piperazine rings is 1. The van der Waals surface area contributed by atoms with Gasteiger partial charge in [0, 0.05) is 56.9 Å². The standard InChI is InChI=1S/C23H30N6O2/c1-2-27-12-14-28(15-13-27)22-19(16-25-21(26-22)18-6-4-3-5-7-18)23(31)29-10-8-17(9-11-29)20(24)30/h3-7,16-17H,2,8-15H2,1H3,(H2,24,30). The van der Waals surface area contributed by atoms with Crippen LogP contribution in [0.15, 0.2) is 36.5 Å². The molecule has 2 amide bonds. The number of carbonyl (C=O) groups excluding carboxylic acids is 2. The number of likely N-dealkylation sites (N-methyl/N-ethyl adjacent to an activating group) is 1. The van der Waals surface area contributed by atoms with Gasteiger partial charge in [-0.2, -0.15) is 0 Å². The number of nitrogens with two attached hydrogens (primary N) is 1. The molecule has 0 saturated carbocycles. The van der Waals surface area contributed by atoms with Gasteiger partial charge in [-0.25, -0.2) is 9.97 Å². The molecule has 2 N–H and O–H groups in total. The number of likely N-dealkylation sites (tertiary alicyclic amines) is 1. The Labute approximate surface area is 183 Å². The van der Waals surface area contributed by atoms with Crippen molar-refractivity contribution in [1.29, 1.82) is 0 Å². The first kappa shape index (κ1) is 21.2. The summed E-state index contributed by atoms with van der Waals surface area (Å²) in [5, 5.41) is 0. The molecule has 0 unspecified atom stereocenters. The number of benzene rings is 1. The highest BCUT2D eigenvalue weighted by Gasteiger charge is 2.30. The summed E-state index contributed by atoms with van der Waals surface area (Å²) in [6.45, 7) is 7.77. The molecule has 4 rings (SSSR count). The van der Waals surface area contributed by atoms with E-state index in [4.69, 9.17) is 10.7 Å². The Bertz CT molecular complexity index is 919. The van der Waals surface area contributed by atoms with Crippen LogP contribution in [0.3, 0.4) is 0 Å². The van der Waals surface area contributed by atoms with Gasteiger partial charge in [-0.1, -0.05) is 37.3 Å². The molecular formula is C23H30N6O2. The average molecular weight is 423 g/mol. The molecule has 2 aromatic rings. The lowest BCUT2D eigenvalue weighted by atomic mass is 9.96. The zero-order valence-corrected chi connectivity index (χ0v) is 18.0. The summed E-state index contributed by atoms with van der Waals surface area (Å²) in [5.41, 5.74) is 6.90. The van der Waals surface area contributed by atoms with Crippen molar-refractivity contribution in [2.45, 2.75) is 19.8 Å². The number of hydrogen-bond acceptors (Lipinski definition) is 6. The van der Waals surface area contributed by atoms with Crippen molar-refractivity contribution in [3.8, 4) is 11.4 Å². The van der Waals surface area contributed by atoms with Crippen LogP contribution >= 0.6 is 0 Å². The van der Waals surface area contributed by atoms with E-state index in [1.54, 1.807) is 11.1 Å². The highest BCUT2D eigenvalue weighted by atomic mass is 16.2. The quantitative estimate of drug-likeness (QED) is 0.787. The first-order valence-corrected chi connectivity index (χ1v) is 11.0. The van der Waals surface area contributed by atoms with E-state index in [1.807, 2.05) is 30.3 Å². The van der Waals surface area contributed by atoms with Gasteiger partial charge in [0.2, 0.25) is 5.91 Å². The Morgan fingerprint density at radius 2 is 1.71 bits per heavy atom. The third kappa shape index (κ3) is 4.69. The molecule has 8 nitrogen and oxygen atoms in total. The predicted molar refractivity (Wildman–Crippen MR) is 120 cm³/mol. The van der Waals surface area contributed by atoms with Crippen LogP contribution in [0.1, 0.15) is 30.1 Å². The fourth-order valence-corrected chi connectivity index (χ4v) is 4.30. The van der Waals surface area contributed by atoms with E-state index in [0.717, 1.165) is 38.3 Å². The van der Waals surface area contributed by atoms with E-state index in [1.165, 1.54) is 0 Å². The number of piperidine rings is 1. The molecule has 1 aromatic carbocycles. The van der Waals surface area contributed by atoms with Crippen molar-refractivity contribution in [2.24, 2.45) is 11.7 Å². The van der Waals surface area contributed by atoms with Gasteiger partial charge in [-0.3, -0.25) is 9.59 Å². The Kier molecular flexibility index (Phi) is 6.46. The summed E-state index contributed by atoms with van der Waals surface area (Å²) >= 11 is 0. The summed E-state index contributed by atoms with van der Waals surface area (Å²) < 4.78 is 0. The van der Waals surface area contributed by atoms with Crippen LogP contribution in [0.5, 0.6) is 0 Å². The number of carbonyl (C=O) groups is 2. The van der Waals surface area contributed by atoms with Crippen LogP contribution in [0.2, 0.25) is 0 Å². The van der Waals surface area contributed by atoms with Gasteiger partial charge in [0.15, 0.2) is 5.82 Å². The second kappa shape index (κ2) is 9.43. The Balaban J connectivity index is 1.62. The summed E-state index contributed by atoms with van der Waals surface area (Å²) in [6.07, 6.45) is 2.88. The molecule has 3 heterocycles. The number of anilines is 1. The lowest BCUT2D eigenvalue weighted by molar-refractivity contribution is -0.123. The maximum atomic E-state index is 13.4. The minimum Gasteiger partial charge on any atom is -0.369 e. The van der Waals surface area contributed by atoms with E-state index < -0.39 is 0 Å². The Morgan fingerprint density at radius 1 is 1.03 bits per heavy atom. The molecule has 0 bridgehead atoms. The summed E-state index contributed by atoms with van der Waals surface area (Å²) in [7, 11) is 0. The van der Waals surface area contributed by atoms with Crippen molar-refractivity contribution in [3.05, 3.63) is 42.1 Å². The van der Waals surface area contributed by atoms with Crippen LogP contribution in [-0.4, -0.2) is 77.4 Å². The number of rotatable bonds is 5. The molecular weight excluding hydrogens is 392 g/mol. The van der Waals surface area contributed by atoms with Gasteiger partial charge in [-0.05, 0) is 19.4 Å².